The SMILES string of the molecule is FC(F)Oc1ccc(CNc2nn3cc(-c4ccc(Cl)cc4)nc3s2)nc1. The zero-order chi connectivity index (χ0) is 18.8. The van der Waals surface area contributed by atoms with Crippen molar-refractivity contribution in [3.63, 3.8) is 0 Å². The van der Waals surface area contributed by atoms with Crippen LogP contribution in [0.4, 0.5) is 13.9 Å². The third-order valence-corrected chi connectivity index (χ3v) is 4.76. The van der Waals surface area contributed by atoms with E-state index < -0.39 is 6.61 Å². The Kier molecular flexibility index (Phi) is 4.87. The van der Waals surface area contributed by atoms with Crippen molar-refractivity contribution in [2.24, 2.45) is 0 Å². The summed E-state index contributed by atoms with van der Waals surface area (Å²) in [7, 11) is 0. The van der Waals surface area contributed by atoms with Crippen LogP contribution < -0.4 is 10.1 Å². The van der Waals surface area contributed by atoms with E-state index in [-0.39, 0.29) is 5.75 Å². The van der Waals surface area contributed by atoms with Crippen LogP contribution in [0.15, 0.2) is 48.8 Å². The zero-order valence-electron chi connectivity index (χ0n) is 13.6. The van der Waals surface area contributed by atoms with E-state index in [1.807, 2.05) is 30.5 Å². The first-order valence-electron chi connectivity index (χ1n) is 7.82. The Morgan fingerprint density at radius 3 is 2.67 bits per heavy atom. The van der Waals surface area contributed by atoms with Gasteiger partial charge in [-0.25, -0.2) is 9.50 Å². The van der Waals surface area contributed by atoms with Gasteiger partial charge >= 0.3 is 6.61 Å². The molecular weight excluding hydrogens is 396 g/mol. The van der Waals surface area contributed by atoms with E-state index in [1.54, 1.807) is 10.6 Å². The summed E-state index contributed by atoms with van der Waals surface area (Å²) >= 11 is 7.30. The van der Waals surface area contributed by atoms with Crippen molar-refractivity contribution in [3.05, 3.63) is 59.5 Å². The van der Waals surface area contributed by atoms with Gasteiger partial charge in [-0.15, -0.1) is 5.10 Å². The fourth-order valence-electron chi connectivity index (χ4n) is 2.39. The van der Waals surface area contributed by atoms with Gasteiger partial charge in [0.25, 0.3) is 0 Å². The molecule has 0 radical (unpaired) electrons. The van der Waals surface area contributed by atoms with Crippen molar-refractivity contribution < 1.29 is 13.5 Å². The maximum absolute atomic E-state index is 12.1. The highest BCUT2D eigenvalue weighted by molar-refractivity contribution is 7.20. The molecular formula is C17H12ClF2N5OS. The fourth-order valence-corrected chi connectivity index (χ4v) is 3.29. The molecule has 0 aliphatic heterocycles. The highest BCUT2D eigenvalue weighted by Gasteiger charge is 2.10. The Morgan fingerprint density at radius 1 is 1.19 bits per heavy atom. The number of aromatic nitrogens is 4. The van der Waals surface area contributed by atoms with E-state index in [2.05, 4.69) is 25.1 Å². The molecule has 1 aromatic carbocycles. The minimum absolute atomic E-state index is 0.0243. The van der Waals surface area contributed by atoms with Gasteiger partial charge in [0.1, 0.15) is 5.75 Å². The van der Waals surface area contributed by atoms with Gasteiger partial charge in [-0.05, 0) is 24.3 Å². The predicted molar refractivity (Wildman–Crippen MR) is 99.5 cm³/mol. The molecule has 0 atom stereocenters. The second-order valence-electron chi connectivity index (χ2n) is 5.48. The molecule has 0 fully saturated rings. The predicted octanol–water partition coefficient (Wildman–Crippen LogP) is 4.72. The number of alkyl halides is 2. The van der Waals surface area contributed by atoms with Gasteiger partial charge in [0.15, 0.2) is 0 Å². The Bertz CT molecular complexity index is 1020. The standard InChI is InChI=1S/C17H12ClF2N5OS/c18-11-3-1-10(2-4-11)14-9-25-17(23-14)27-16(24-25)22-7-12-5-6-13(8-21-12)26-15(19)20/h1-6,8-9,15H,7H2,(H,22,24). The minimum Gasteiger partial charge on any atom is -0.433 e. The molecule has 0 saturated carbocycles. The molecule has 0 spiro atoms. The van der Waals surface area contributed by atoms with E-state index in [9.17, 15) is 8.78 Å². The van der Waals surface area contributed by atoms with Gasteiger partial charge in [-0.1, -0.05) is 35.1 Å². The van der Waals surface area contributed by atoms with Crippen LogP contribution >= 0.6 is 22.9 Å². The van der Waals surface area contributed by atoms with Crippen molar-refractivity contribution in [2.45, 2.75) is 13.2 Å². The molecule has 1 N–H and O–H groups in total. The molecule has 0 unspecified atom stereocenters. The van der Waals surface area contributed by atoms with Crippen molar-refractivity contribution in [3.8, 4) is 17.0 Å². The van der Waals surface area contributed by atoms with Gasteiger partial charge in [0.2, 0.25) is 10.1 Å². The molecule has 0 bridgehead atoms. The van der Waals surface area contributed by atoms with Crippen LogP contribution in [0.5, 0.6) is 5.75 Å². The average molecular weight is 408 g/mol. The highest BCUT2D eigenvalue weighted by atomic mass is 35.5. The molecule has 4 aromatic rings. The Morgan fingerprint density at radius 2 is 2.00 bits per heavy atom. The van der Waals surface area contributed by atoms with Crippen LogP contribution in [0, 0.1) is 0 Å². The van der Waals surface area contributed by atoms with Crippen LogP contribution in [0.25, 0.3) is 16.2 Å². The Balaban J connectivity index is 1.42. The third kappa shape index (κ3) is 4.15. The molecule has 138 valence electrons. The van der Waals surface area contributed by atoms with Crippen molar-refractivity contribution in [1.29, 1.82) is 0 Å². The summed E-state index contributed by atoms with van der Waals surface area (Å²) in [6, 6.07) is 10.5. The topological polar surface area (TPSA) is 64.3 Å². The number of nitrogens with one attached hydrogen (secondary N) is 1. The van der Waals surface area contributed by atoms with Gasteiger partial charge in [0.05, 0.1) is 30.3 Å². The van der Waals surface area contributed by atoms with Crippen LogP contribution in [0.2, 0.25) is 5.02 Å². The summed E-state index contributed by atoms with van der Waals surface area (Å²) in [4.78, 5) is 9.38. The van der Waals surface area contributed by atoms with Gasteiger partial charge in [-0.2, -0.15) is 8.78 Å². The number of nitrogens with zero attached hydrogens (tertiary/aromatic N) is 4. The maximum atomic E-state index is 12.1. The second kappa shape index (κ2) is 7.45. The third-order valence-electron chi connectivity index (χ3n) is 3.63. The van der Waals surface area contributed by atoms with Gasteiger partial charge in [-0.3, -0.25) is 4.98 Å². The van der Waals surface area contributed by atoms with E-state index >= 15 is 0 Å². The smallest absolute Gasteiger partial charge is 0.387 e. The highest BCUT2D eigenvalue weighted by Crippen LogP contribution is 2.25. The summed E-state index contributed by atoms with van der Waals surface area (Å²) in [5.74, 6) is 0.0243. The molecule has 0 amide bonds. The quantitative estimate of drug-likeness (QED) is 0.501. The van der Waals surface area contributed by atoms with Crippen LogP contribution in [-0.2, 0) is 6.54 Å². The number of anilines is 1. The number of ether oxygens (including phenoxy) is 1. The molecule has 6 nitrogen and oxygen atoms in total. The minimum atomic E-state index is -2.86. The first-order chi connectivity index (χ1) is 13.1. The summed E-state index contributed by atoms with van der Waals surface area (Å²) < 4.78 is 30.2. The lowest BCUT2D eigenvalue weighted by Gasteiger charge is -2.05. The molecule has 10 heteroatoms. The van der Waals surface area contributed by atoms with Crippen LogP contribution in [0.1, 0.15) is 5.69 Å². The fraction of sp³-hybridized carbons (Fsp3) is 0.118. The number of benzene rings is 1. The van der Waals surface area contributed by atoms with Gasteiger partial charge < -0.3 is 10.1 Å². The molecule has 0 aliphatic rings. The lowest BCUT2D eigenvalue weighted by Crippen LogP contribution is -2.04. The number of halogens is 3. The molecule has 0 saturated heterocycles. The van der Waals surface area contributed by atoms with E-state index in [4.69, 9.17) is 11.6 Å². The monoisotopic (exact) mass is 407 g/mol. The molecule has 0 aliphatic carbocycles. The number of pyridine rings is 1. The first-order valence-corrected chi connectivity index (χ1v) is 9.02. The van der Waals surface area contributed by atoms with Gasteiger partial charge in [0, 0.05) is 10.6 Å². The number of rotatable bonds is 6. The number of imidazole rings is 1. The van der Waals surface area contributed by atoms with E-state index in [0.29, 0.717) is 22.4 Å². The summed E-state index contributed by atoms with van der Waals surface area (Å²) in [6.07, 6.45) is 3.10. The summed E-state index contributed by atoms with van der Waals surface area (Å²) in [5, 5.41) is 8.92. The normalized spacial score (nSPS) is 11.3. The lowest BCUT2D eigenvalue weighted by atomic mass is 10.2. The molecule has 3 heterocycles. The zero-order valence-corrected chi connectivity index (χ0v) is 15.2. The number of hydrogen-bond acceptors (Lipinski definition) is 6. The maximum Gasteiger partial charge on any atom is 0.387 e. The molecule has 3 aromatic heterocycles. The van der Waals surface area contributed by atoms with Crippen molar-refractivity contribution in [1.82, 2.24) is 19.6 Å². The van der Waals surface area contributed by atoms with Crippen LogP contribution in [-0.4, -0.2) is 26.2 Å². The average Bonchev–Trinajstić information content (AvgIpc) is 3.20. The molecule has 4 rings (SSSR count). The number of hydrogen-bond donors (Lipinski definition) is 1. The lowest BCUT2D eigenvalue weighted by molar-refractivity contribution is -0.0500. The van der Waals surface area contributed by atoms with E-state index in [0.717, 1.165) is 16.2 Å². The largest absolute Gasteiger partial charge is 0.433 e. The van der Waals surface area contributed by atoms with Crippen LogP contribution in [0.3, 0.4) is 0 Å². The second-order valence-corrected chi connectivity index (χ2v) is 6.88. The summed E-state index contributed by atoms with van der Waals surface area (Å²) in [6.45, 7) is -2.46. The summed E-state index contributed by atoms with van der Waals surface area (Å²) in [5.41, 5.74) is 2.45. The number of fused-ring (bicyclic) bond motifs is 1. The Labute approximate surface area is 161 Å². The molecule has 27 heavy (non-hydrogen) atoms. The van der Waals surface area contributed by atoms with E-state index in [1.165, 1.54) is 23.6 Å². The van der Waals surface area contributed by atoms with Crippen molar-refractivity contribution in [2.75, 3.05) is 5.32 Å². The first kappa shape index (κ1) is 17.6. The Hall–Kier alpha value is -2.78. The van der Waals surface area contributed by atoms with Crippen molar-refractivity contribution >= 4 is 33.0 Å².